The number of guanidine groups is 1. The van der Waals surface area contributed by atoms with E-state index in [1.165, 1.54) is 0 Å². The normalized spacial score (nSPS) is 11.2. The summed E-state index contributed by atoms with van der Waals surface area (Å²) in [5, 5.41) is 8.82. The number of aliphatic imine (C=N–C) groups is 1. The summed E-state index contributed by atoms with van der Waals surface area (Å²) >= 11 is 3.33. The Bertz CT molecular complexity index is 814. The minimum atomic E-state index is -0.489. The van der Waals surface area contributed by atoms with Gasteiger partial charge in [0.2, 0.25) is 0 Å². The second-order valence-corrected chi connectivity index (χ2v) is 6.62. The summed E-state index contributed by atoms with van der Waals surface area (Å²) < 4.78 is 27.6. The van der Waals surface area contributed by atoms with Crippen LogP contribution >= 0.6 is 15.9 Å². The molecule has 0 atom stereocenters. The molecule has 3 N–H and O–H groups in total. The summed E-state index contributed by atoms with van der Waals surface area (Å²) in [6.45, 7) is 1.17. The van der Waals surface area contributed by atoms with E-state index in [0.717, 1.165) is 22.7 Å². The zero-order valence-corrected chi connectivity index (χ0v) is 16.4. The van der Waals surface area contributed by atoms with Gasteiger partial charge in [-0.25, -0.2) is 8.78 Å². The first-order valence-corrected chi connectivity index (χ1v) is 9.21. The first-order chi connectivity index (χ1) is 13.0. The zero-order chi connectivity index (χ0) is 19.6. The summed E-state index contributed by atoms with van der Waals surface area (Å²) in [6.07, 6.45) is 0.675. The number of benzene rings is 2. The number of nitrogens with zero attached hydrogens (tertiary/aromatic N) is 1. The Morgan fingerprint density at radius 1 is 1.07 bits per heavy atom. The average Bonchev–Trinajstić information content (AvgIpc) is 2.66. The van der Waals surface area contributed by atoms with Crippen LogP contribution in [-0.2, 0) is 6.54 Å². The second-order valence-electron chi connectivity index (χ2n) is 5.71. The Hall–Kier alpha value is -2.48. The molecule has 0 heterocycles. The van der Waals surface area contributed by atoms with Crippen molar-refractivity contribution >= 4 is 27.8 Å². The molecule has 27 heavy (non-hydrogen) atoms. The van der Waals surface area contributed by atoms with Gasteiger partial charge in [-0.3, -0.25) is 9.79 Å². The van der Waals surface area contributed by atoms with Gasteiger partial charge in [0.1, 0.15) is 11.6 Å². The lowest BCUT2D eigenvalue weighted by atomic mass is 10.2. The number of carbonyl (C=O) groups is 1. The minimum Gasteiger partial charge on any atom is -0.356 e. The predicted molar refractivity (Wildman–Crippen MR) is 106 cm³/mol. The maximum Gasteiger partial charge on any atom is 0.251 e. The van der Waals surface area contributed by atoms with E-state index in [9.17, 15) is 13.6 Å². The molecule has 2 aromatic rings. The molecule has 0 saturated heterocycles. The SMILES string of the molecule is CN=C(NCCCNC(=O)c1cccc(Br)c1)NCc1cc(F)ccc1F. The van der Waals surface area contributed by atoms with E-state index in [2.05, 4.69) is 36.9 Å². The van der Waals surface area contributed by atoms with Gasteiger partial charge in [0, 0.05) is 42.3 Å². The highest BCUT2D eigenvalue weighted by Gasteiger charge is 2.06. The fourth-order valence-corrected chi connectivity index (χ4v) is 2.71. The van der Waals surface area contributed by atoms with Crippen molar-refractivity contribution in [3.63, 3.8) is 0 Å². The predicted octanol–water partition coefficient (Wildman–Crippen LogP) is 3.21. The molecule has 0 aliphatic rings. The molecule has 0 fully saturated rings. The lowest BCUT2D eigenvalue weighted by Crippen LogP contribution is -2.38. The lowest BCUT2D eigenvalue weighted by molar-refractivity contribution is 0.0953. The first kappa shape index (κ1) is 20.8. The summed E-state index contributed by atoms with van der Waals surface area (Å²) in [4.78, 5) is 16.0. The first-order valence-electron chi connectivity index (χ1n) is 8.42. The van der Waals surface area contributed by atoms with Crippen LogP contribution < -0.4 is 16.0 Å². The van der Waals surface area contributed by atoms with Crippen molar-refractivity contribution in [1.29, 1.82) is 0 Å². The van der Waals surface area contributed by atoms with Gasteiger partial charge in [-0.05, 0) is 42.8 Å². The number of hydrogen-bond donors (Lipinski definition) is 3. The van der Waals surface area contributed by atoms with Gasteiger partial charge >= 0.3 is 0 Å². The van der Waals surface area contributed by atoms with Crippen LogP contribution in [0.25, 0.3) is 0 Å². The molecule has 144 valence electrons. The van der Waals surface area contributed by atoms with Crippen molar-refractivity contribution in [3.8, 4) is 0 Å². The highest BCUT2D eigenvalue weighted by atomic mass is 79.9. The molecule has 5 nitrogen and oxygen atoms in total. The van der Waals surface area contributed by atoms with Crippen LogP contribution in [0.5, 0.6) is 0 Å². The molecule has 2 rings (SSSR count). The Kier molecular flexibility index (Phi) is 8.19. The van der Waals surface area contributed by atoms with E-state index in [4.69, 9.17) is 0 Å². The van der Waals surface area contributed by atoms with Crippen LogP contribution in [0.15, 0.2) is 51.9 Å². The molecule has 0 aliphatic carbocycles. The highest BCUT2D eigenvalue weighted by molar-refractivity contribution is 9.10. The van der Waals surface area contributed by atoms with Gasteiger partial charge < -0.3 is 16.0 Å². The highest BCUT2D eigenvalue weighted by Crippen LogP contribution is 2.11. The van der Waals surface area contributed by atoms with Gasteiger partial charge in [-0.15, -0.1) is 0 Å². The lowest BCUT2D eigenvalue weighted by Gasteiger charge is -2.12. The average molecular weight is 439 g/mol. The molecule has 0 unspecified atom stereocenters. The number of carbonyl (C=O) groups excluding carboxylic acids is 1. The zero-order valence-electron chi connectivity index (χ0n) is 14.9. The van der Waals surface area contributed by atoms with Crippen molar-refractivity contribution in [3.05, 3.63) is 69.7 Å². The van der Waals surface area contributed by atoms with E-state index in [0.29, 0.717) is 31.0 Å². The molecule has 2 aromatic carbocycles. The quantitative estimate of drug-likeness (QED) is 0.353. The van der Waals surface area contributed by atoms with Gasteiger partial charge in [0.15, 0.2) is 5.96 Å². The Morgan fingerprint density at radius 2 is 1.85 bits per heavy atom. The molecule has 0 aliphatic heterocycles. The maximum absolute atomic E-state index is 13.6. The Balaban J connectivity index is 1.69. The number of nitrogens with one attached hydrogen (secondary N) is 3. The molecule has 1 amide bonds. The third kappa shape index (κ3) is 6.97. The summed E-state index contributed by atoms with van der Waals surface area (Å²) in [6, 6.07) is 10.5. The Labute approximate surface area is 165 Å². The monoisotopic (exact) mass is 438 g/mol. The van der Waals surface area contributed by atoms with E-state index in [-0.39, 0.29) is 18.0 Å². The molecule has 0 saturated carbocycles. The summed E-state index contributed by atoms with van der Waals surface area (Å²) in [7, 11) is 1.59. The van der Waals surface area contributed by atoms with Crippen molar-refractivity contribution in [1.82, 2.24) is 16.0 Å². The van der Waals surface area contributed by atoms with E-state index >= 15 is 0 Å². The van der Waals surface area contributed by atoms with Crippen LogP contribution in [0.3, 0.4) is 0 Å². The Morgan fingerprint density at radius 3 is 2.59 bits per heavy atom. The summed E-state index contributed by atoms with van der Waals surface area (Å²) in [5.74, 6) is -0.635. The molecular weight excluding hydrogens is 418 g/mol. The van der Waals surface area contributed by atoms with Crippen LogP contribution in [0.2, 0.25) is 0 Å². The second kappa shape index (κ2) is 10.6. The topological polar surface area (TPSA) is 65.5 Å². The largest absolute Gasteiger partial charge is 0.356 e. The van der Waals surface area contributed by atoms with Crippen LogP contribution in [0.4, 0.5) is 8.78 Å². The maximum atomic E-state index is 13.6. The molecule has 0 spiro atoms. The van der Waals surface area contributed by atoms with Gasteiger partial charge in [-0.1, -0.05) is 22.0 Å². The minimum absolute atomic E-state index is 0.114. The molecule has 0 radical (unpaired) electrons. The summed E-state index contributed by atoms with van der Waals surface area (Å²) in [5.41, 5.74) is 0.811. The number of hydrogen-bond acceptors (Lipinski definition) is 2. The molecule has 0 aromatic heterocycles. The standard InChI is InChI=1S/C19H21BrF2N4O/c1-23-19(26-12-14-11-16(21)6-7-17(14)22)25-9-3-8-24-18(27)13-4-2-5-15(20)10-13/h2,4-7,10-11H,3,8-9,12H2,1H3,(H,24,27)(H2,23,25,26). The smallest absolute Gasteiger partial charge is 0.251 e. The fraction of sp³-hybridized carbons (Fsp3) is 0.263. The van der Waals surface area contributed by atoms with Gasteiger partial charge in [0.25, 0.3) is 5.91 Å². The molecule has 8 heteroatoms. The number of rotatable bonds is 7. The third-order valence-electron chi connectivity index (χ3n) is 3.70. The van der Waals surface area contributed by atoms with E-state index in [1.54, 1.807) is 25.2 Å². The van der Waals surface area contributed by atoms with Gasteiger partial charge in [-0.2, -0.15) is 0 Å². The molecular formula is C19H21BrF2N4O. The van der Waals surface area contributed by atoms with E-state index in [1.807, 2.05) is 6.07 Å². The number of halogens is 3. The van der Waals surface area contributed by atoms with Crippen molar-refractivity contribution in [2.75, 3.05) is 20.1 Å². The van der Waals surface area contributed by atoms with Gasteiger partial charge in [0.05, 0.1) is 0 Å². The fourth-order valence-electron chi connectivity index (χ4n) is 2.31. The van der Waals surface area contributed by atoms with Crippen molar-refractivity contribution in [2.24, 2.45) is 4.99 Å². The van der Waals surface area contributed by atoms with Crippen LogP contribution in [0.1, 0.15) is 22.3 Å². The molecule has 0 bridgehead atoms. The van der Waals surface area contributed by atoms with Crippen molar-refractivity contribution < 1.29 is 13.6 Å². The van der Waals surface area contributed by atoms with Crippen LogP contribution in [-0.4, -0.2) is 32.0 Å². The third-order valence-corrected chi connectivity index (χ3v) is 4.19. The van der Waals surface area contributed by atoms with E-state index < -0.39 is 11.6 Å². The number of amides is 1. The van der Waals surface area contributed by atoms with Crippen LogP contribution in [0, 0.1) is 11.6 Å². The van der Waals surface area contributed by atoms with Crippen molar-refractivity contribution in [2.45, 2.75) is 13.0 Å².